The van der Waals surface area contributed by atoms with Gasteiger partial charge < -0.3 is 9.84 Å². The second-order valence-electron chi connectivity index (χ2n) is 14.7. The van der Waals surface area contributed by atoms with E-state index in [2.05, 4.69) is 60.6 Å². The van der Waals surface area contributed by atoms with Crippen LogP contribution in [0.1, 0.15) is 107 Å². The molecule has 5 aliphatic carbocycles. The number of aliphatic carboxylic acids is 1. The Kier molecular flexibility index (Phi) is 5.76. The molecule has 5 aliphatic rings. The summed E-state index contributed by atoms with van der Waals surface area (Å²) in [6.45, 7) is 18.3. The van der Waals surface area contributed by atoms with Crippen LogP contribution in [-0.2, 0) is 14.3 Å². The van der Waals surface area contributed by atoms with Crippen LogP contribution in [0.5, 0.6) is 0 Å². The molecule has 0 spiro atoms. The molecule has 5 rings (SSSR count). The molecule has 0 unspecified atom stereocenters. The molecule has 0 saturated heterocycles. The van der Waals surface area contributed by atoms with Crippen molar-refractivity contribution in [3.05, 3.63) is 23.3 Å². The summed E-state index contributed by atoms with van der Waals surface area (Å²) < 4.78 is 5.86. The average molecular weight is 497 g/mol. The van der Waals surface area contributed by atoms with Gasteiger partial charge in [0.1, 0.15) is 6.10 Å². The molecule has 9 atom stereocenters. The quantitative estimate of drug-likeness (QED) is 0.400. The van der Waals surface area contributed by atoms with E-state index < -0.39 is 11.4 Å². The smallest absolute Gasteiger partial charge is 0.313 e. The molecule has 0 aromatic rings. The van der Waals surface area contributed by atoms with Gasteiger partial charge in [0.05, 0.1) is 5.41 Å². The molecule has 36 heavy (non-hydrogen) atoms. The highest BCUT2D eigenvalue weighted by molar-refractivity contribution is 5.80. The number of esters is 1. The van der Waals surface area contributed by atoms with E-state index in [1.807, 2.05) is 0 Å². The highest BCUT2D eigenvalue weighted by atomic mass is 16.5. The molecule has 0 heterocycles. The fourth-order valence-electron chi connectivity index (χ4n) is 10.6. The van der Waals surface area contributed by atoms with E-state index in [0.29, 0.717) is 23.7 Å². The first kappa shape index (κ1) is 26.0. The predicted molar refractivity (Wildman–Crippen MR) is 142 cm³/mol. The maximum atomic E-state index is 12.8. The zero-order valence-electron chi connectivity index (χ0n) is 23.9. The Labute approximate surface area is 218 Å². The van der Waals surface area contributed by atoms with E-state index in [4.69, 9.17) is 4.74 Å². The van der Waals surface area contributed by atoms with Crippen molar-refractivity contribution in [3.8, 4) is 0 Å². The summed E-state index contributed by atoms with van der Waals surface area (Å²) in [5.41, 5.74) is 2.08. The number of carbonyl (C=O) groups is 2. The molecule has 3 saturated carbocycles. The van der Waals surface area contributed by atoms with E-state index >= 15 is 0 Å². The summed E-state index contributed by atoms with van der Waals surface area (Å²) in [6, 6.07) is 0. The second-order valence-corrected chi connectivity index (χ2v) is 14.7. The van der Waals surface area contributed by atoms with Crippen LogP contribution in [-0.4, -0.2) is 23.1 Å². The van der Waals surface area contributed by atoms with Crippen molar-refractivity contribution in [2.75, 3.05) is 0 Å². The number of hydrogen-bond acceptors (Lipinski definition) is 3. The highest BCUT2D eigenvalue weighted by Gasteiger charge is 2.67. The second kappa shape index (κ2) is 7.96. The average Bonchev–Trinajstić information content (AvgIpc) is 2.78. The van der Waals surface area contributed by atoms with Crippen LogP contribution in [0.15, 0.2) is 23.3 Å². The van der Waals surface area contributed by atoms with E-state index in [0.717, 1.165) is 51.4 Å². The number of carboxylic acids is 1. The molecule has 200 valence electrons. The van der Waals surface area contributed by atoms with Gasteiger partial charge in [-0.1, -0.05) is 60.6 Å². The maximum Gasteiger partial charge on any atom is 0.313 e. The summed E-state index contributed by atoms with van der Waals surface area (Å²) in [7, 11) is 0. The number of hydrogen-bond donors (Lipinski definition) is 1. The highest BCUT2D eigenvalue weighted by Crippen LogP contribution is 2.74. The lowest BCUT2D eigenvalue weighted by atomic mass is 9.35. The fraction of sp³-hybridized carbons (Fsp3) is 0.812. The summed E-state index contributed by atoms with van der Waals surface area (Å²) >= 11 is 0. The molecule has 4 heteroatoms. The van der Waals surface area contributed by atoms with Gasteiger partial charge in [0.25, 0.3) is 0 Å². The third-order valence-electron chi connectivity index (χ3n) is 13.0. The van der Waals surface area contributed by atoms with Crippen molar-refractivity contribution in [2.24, 2.45) is 50.7 Å². The van der Waals surface area contributed by atoms with Crippen molar-refractivity contribution < 1.29 is 19.4 Å². The van der Waals surface area contributed by atoms with Crippen LogP contribution in [0.25, 0.3) is 0 Å². The number of rotatable bonds is 2. The lowest BCUT2D eigenvalue weighted by Crippen LogP contribution is -2.63. The first-order valence-electron chi connectivity index (χ1n) is 14.5. The van der Waals surface area contributed by atoms with Crippen molar-refractivity contribution in [2.45, 2.75) is 113 Å². The van der Waals surface area contributed by atoms with Crippen LogP contribution < -0.4 is 0 Å². The molecule has 0 aromatic carbocycles. The largest absolute Gasteiger partial charge is 0.481 e. The zero-order chi connectivity index (χ0) is 26.5. The van der Waals surface area contributed by atoms with Gasteiger partial charge in [-0.2, -0.15) is 0 Å². The Morgan fingerprint density at radius 3 is 2.28 bits per heavy atom. The van der Waals surface area contributed by atoms with Gasteiger partial charge in [0.2, 0.25) is 0 Å². The molecule has 0 aromatic heterocycles. The maximum absolute atomic E-state index is 12.8. The zero-order valence-corrected chi connectivity index (χ0v) is 23.9. The number of fused-ring (bicyclic) bond motifs is 6. The number of carbonyl (C=O) groups excluding carboxylic acids is 1. The van der Waals surface area contributed by atoms with E-state index in [-0.39, 0.29) is 33.7 Å². The van der Waals surface area contributed by atoms with Crippen LogP contribution in [0.4, 0.5) is 0 Å². The Balaban J connectivity index is 1.63. The minimum atomic E-state index is -0.681. The Bertz CT molecular complexity index is 1040. The van der Waals surface area contributed by atoms with Crippen LogP contribution in [0.3, 0.4) is 0 Å². The minimum absolute atomic E-state index is 0.0170. The summed E-state index contributed by atoms with van der Waals surface area (Å²) in [5, 5.41) is 10.5. The first-order valence-corrected chi connectivity index (χ1v) is 14.5. The standard InChI is InChI=1S/C32H48O4/c1-19-11-16-32(27(34)35)18-17-30(7)22(26(32)20(19)2)9-10-24-29(6)14-13-25(36-21(3)33)28(4,5)23(29)12-15-31(24,30)8/h9-10,19-20,23-25H,11-18H2,1-8H3,(H,34,35)/t19-,20+,23+,24-,25+,29+,30-,31-,32+/m1/s1. The van der Waals surface area contributed by atoms with Crippen molar-refractivity contribution >= 4 is 11.9 Å². The van der Waals surface area contributed by atoms with Gasteiger partial charge in [-0.15, -0.1) is 0 Å². The van der Waals surface area contributed by atoms with Gasteiger partial charge >= 0.3 is 11.9 Å². The fourth-order valence-corrected chi connectivity index (χ4v) is 10.6. The molecule has 0 aliphatic heterocycles. The summed E-state index contributed by atoms with van der Waals surface area (Å²) in [4.78, 5) is 24.7. The molecular formula is C32H48O4. The van der Waals surface area contributed by atoms with Crippen LogP contribution in [0.2, 0.25) is 0 Å². The van der Waals surface area contributed by atoms with Gasteiger partial charge in [-0.3, -0.25) is 9.59 Å². The summed E-state index contributed by atoms with van der Waals surface area (Å²) in [6.07, 6.45) is 12.6. The predicted octanol–water partition coefficient (Wildman–Crippen LogP) is 7.58. The first-order chi connectivity index (χ1) is 16.6. The third kappa shape index (κ3) is 3.11. The SMILES string of the molecule is CC(=O)O[C@H]1CC[C@]2(C)[C@H]3C=CC4=C5[C@@H](C)[C@H](C)CC[C@]5(C(=O)O)CC[C@@]4(C)[C@]3(C)CC[C@H]2C1(C)C. The molecule has 0 bridgehead atoms. The number of carboxylic acid groups (broad SMARTS) is 1. The van der Waals surface area contributed by atoms with Gasteiger partial charge in [0, 0.05) is 12.3 Å². The van der Waals surface area contributed by atoms with Crippen LogP contribution in [0, 0.1) is 50.7 Å². The Hall–Kier alpha value is -1.58. The molecule has 0 amide bonds. The molecule has 1 N–H and O–H groups in total. The van der Waals surface area contributed by atoms with E-state index in [1.165, 1.54) is 18.1 Å². The van der Waals surface area contributed by atoms with Gasteiger partial charge in [0.15, 0.2) is 0 Å². The van der Waals surface area contributed by atoms with E-state index in [9.17, 15) is 14.7 Å². The third-order valence-corrected chi connectivity index (χ3v) is 13.0. The van der Waals surface area contributed by atoms with Gasteiger partial charge in [-0.25, -0.2) is 0 Å². The lowest BCUT2D eigenvalue weighted by molar-refractivity contribution is -0.198. The molecular weight excluding hydrogens is 448 g/mol. The van der Waals surface area contributed by atoms with Crippen LogP contribution >= 0.6 is 0 Å². The molecule has 3 fully saturated rings. The van der Waals surface area contributed by atoms with Gasteiger partial charge in [-0.05, 0) is 102 Å². The number of ether oxygens (including phenoxy) is 1. The Morgan fingerprint density at radius 2 is 1.64 bits per heavy atom. The van der Waals surface area contributed by atoms with Crippen molar-refractivity contribution in [3.63, 3.8) is 0 Å². The van der Waals surface area contributed by atoms with E-state index in [1.54, 1.807) is 0 Å². The lowest BCUT2D eigenvalue weighted by Gasteiger charge is -2.69. The van der Waals surface area contributed by atoms with Crippen molar-refractivity contribution in [1.82, 2.24) is 0 Å². The topological polar surface area (TPSA) is 63.6 Å². The number of allylic oxidation sites excluding steroid dienone is 3. The normalized spacial score (nSPS) is 49.3. The summed E-state index contributed by atoms with van der Waals surface area (Å²) in [5.74, 6) is 0.973. The minimum Gasteiger partial charge on any atom is -0.481 e. The molecule has 4 nitrogen and oxygen atoms in total. The monoisotopic (exact) mass is 496 g/mol. The Morgan fingerprint density at radius 1 is 0.944 bits per heavy atom. The molecule has 0 radical (unpaired) electrons. The van der Waals surface area contributed by atoms with Crippen molar-refractivity contribution in [1.29, 1.82) is 0 Å².